The van der Waals surface area contributed by atoms with Crippen molar-refractivity contribution in [2.75, 3.05) is 25.2 Å². The Morgan fingerprint density at radius 1 is 0.913 bits per heavy atom. The number of aliphatic hydroxyl groups is 1. The van der Waals surface area contributed by atoms with Crippen molar-refractivity contribution in [1.82, 2.24) is 15.5 Å². The number of carbonyl (C=O) groups excluding carboxylic acids is 4. The fraction of sp³-hybridized carbons (Fsp3) is 0.486. The highest BCUT2D eigenvalue weighted by Gasteiger charge is 2.38. The number of hydrogen-bond donors (Lipinski definition) is 3. The molecule has 0 saturated heterocycles. The van der Waals surface area contributed by atoms with E-state index in [0.717, 1.165) is 5.56 Å². The second-order valence-corrected chi connectivity index (χ2v) is 13.7. The van der Waals surface area contributed by atoms with Crippen LogP contribution in [0.2, 0.25) is 0 Å². The number of esters is 1. The van der Waals surface area contributed by atoms with Gasteiger partial charge < -0.3 is 30.1 Å². The van der Waals surface area contributed by atoms with Gasteiger partial charge in [-0.05, 0) is 83.2 Å². The van der Waals surface area contributed by atoms with Crippen molar-refractivity contribution in [2.24, 2.45) is 0 Å². The van der Waals surface area contributed by atoms with Crippen LogP contribution in [0.3, 0.4) is 0 Å². The molecular weight excluding hydrogens is 606 g/mol. The summed E-state index contributed by atoms with van der Waals surface area (Å²) in [4.78, 5) is 55.9. The Labute approximate surface area is 277 Å². The molecule has 2 rings (SSSR count). The number of amides is 3. The van der Waals surface area contributed by atoms with Crippen LogP contribution in [0, 0.1) is 12.3 Å². The van der Waals surface area contributed by atoms with Crippen molar-refractivity contribution >= 4 is 35.6 Å². The quantitative estimate of drug-likeness (QED) is 0.204. The highest BCUT2D eigenvalue weighted by atomic mass is 32.2. The van der Waals surface area contributed by atoms with Crippen molar-refractivity contribution in [2.45, 2.75) is 83.7 Å². The zero-order valence-corrected chi connectivity index (χ0v) is 28.6. The van der Waals surface area contributed by atoms with Gasteiger partial charge in [0.2, 0.25) is 11.8 Å². The zero-order chi connectivity index (χ0) is 34.5. The summed E-state index contributed by atoms with van der Waals surface area (Å²) in [6, 6.07) is 12.2. The van der Waals surface area contributed by atoms with Crippen LogP contribution < -0.4 is 10.6 Å². The van der Waals surface area contributed by atoms with E-state index in [-0.39, 0.29) is 19.4 Å². The topological polar surface area (TPSA) is 134 Å². The van der Waals surface area contributed by atoms with Gasteiger partial charge in [-0.2, -0.15) is 11.8 Å². The molecule has 10 nitrogen and oxygen atoms in total. The number of nitrogens with one attached hydrogen (secondary N) is 2. The van der Waals surface area contributed by atoms with Crippen molar-refractivity contribution in [3.63, 3.8) is 0 Å². The normalized spacial score (nSPS) is 13.4. The molecule has 3 amide bonds. The number of alkyl carbamates (subject to hydrolysis) is 1. The Balaban J connectivity index is 2.58. The summed E-state index contributed by atoms with van der Waals surface area (Å²) in [6.45, 7) is 9.61. The van der Waals surface area contributed by atoms with Crippen molar-refractivity contribution in [3.05, 3.63) is 71.3 Å². The predicted molar refractivity (Wildman–Crippen MR) is 180 cm³/mol. The summed E-state index contributed by atoms with van der Waals surface area (Å²) in [5.41, 5.74) is 0.108. The number of carbonyl (C=O) groups is 4. The second kappa shape index (κ2) is 17.6. The third kappa shape index (κ3) is 12.8. The molecule has 0 heterocycles. The number of thioether (sulfide) groups is 1. The Kier molecular flexibility index (Phi) is 14.6. The van der Waals surface area contributed by atoms with Gasteiger partial charge in [0.05, 0.1) is 6.61 Å². The van der Waals surface area contributed by atoms with Gasteiger partial charge >= 0.3 is 12.1 Å². The smallest absolute Gasteiger partial charge is 0.408 e. The molecule has 11 heteroatoms. The highest BCUT2D eigenvalue weighted by Crippen LogP contribution is 2.25. The van der Waals surface area contributed by atoms with Crippen LogP contribution in [0.4, 0.5) is 4.79 Å². The number of rotatable bonds is 14. The molecule has 3 unspecified atom stereocenters. The van der Waals surface area contributed by atoms with Crippen LogP contribution in [-0.2, 0) is 30.3 Å². The van der Waals surface area contributed by atoms with E-state index < -0.39 is 59.8 Å². The molecule has 0 aliphatic carbocycles. The molecule has 2 aromatic rings. The first kappa shape index (κ1) is 38.2. The van der Waals surface area contributed by atoms with E-state index in [4.69, 9.17) is 15.9 Å². The van der Waals surface area contributed by atoms with Crippen molar-refractivity contribution < 1.29 is 33.8 Å². The number of ether oxygens (including phenoxy) is 2. The first-order valence-corrected chi connectivity index (χ1v) is 16.5. The first-order valence-electron chi connectivity index (χ1n) is 15.1. The Morgan fingerprint density at radius 3 is 2.04 bits per heavy atom. The van der Waals surface area contributed by atoms with Crippen molar-refractivity contribution in [1.29, 1.82) is 0 Å². The van der Waals surface area contributed by atoms with E-state index in [0.29, 0.717) is 16.9 Å². The number of hydrogen-bond acceptors (Lipinski definition) is 8. The lowest BCUT2D eigenvalue weighted by Crippen LogP contribution is -2.55. The standard InChI is InChI=1S/C35H47N3O7S/c1-9-24-15-17-26(18-16-24)29(30(40)36-28(32(42)44-34(2,3)4)23-25-13-11-10-12-14-25)38(20-21-39)31(41)27(19-22-46-8)37-33(43)45-35(5,6)7/h1,10-18,27-29,39H,19-23H2,2-8H3,(H,36,40)(H,37,43). The minimum atomic E-state index is -1.30. The van der Waals surface area contributed by atoms with Gasteiger partial charge in [-0.1, -0.05) is 48.4 Å². The molecule has 0 aliphatic rings. The van der Waals surface area contributed by atoms with E-state index in [1.54, 1.807) is 65.8 Å². The number of nitrogens with zero attached hydrogens (tertiary/aromatic N) is 1. The lowest BCUT2D eigenvalue weighted by molar-refractivity contribution is -0.159. The molecule has 0 saturated carbocycles. The monoisotopic (exact) mass is 653 g/mol. The fourth-order valence-electron chi connectivity index (χ4n) is 4.52. The van der Waals surface area contributed by atoms with E-state index in [1.807, 2.05) is 36.6 Å². The number of benzene rings is 2. The lowest BCUT2D eigenvalue weighted by atomic mass is 9.99. The Morgan fingerprint density at radius 2 is 1.52 bits per heavy atom. The first-order chi connectivity index (χ1) is 21.6. The average molecular weight is 654 g/mol. The molecule has 46 heavy (non-hydrogen) atoms. The molecule has 3 N–H and O–H groups in total. The molecule has 2 aromatic carbocycles. The van der Waals surface area contributed by atoms with Gasteiger partial charge in [-0.3, -0.25) is 9.59 Å². The highest BCUT2D eigenvalue weighted by molar-refractivity contribution is 7.98. The molecular formula is C35H47N3O7S. The number of terminal acetylenes is 1. The molecule has 0 bridgehead atoms. The van der Waals surface area contributed by atoms with E-state index in [9.17, 15) is 24.3 Å². The van der Waals surface area contributed by atoms with E-state index in [2.05, 4.69) is 16.6 Å². The summed E-state index contributed by atoms with van der Waals surface area (Å²) in [5.74, 6) is 1.12. The van der Waals surface area contributed by atoms with Crippen LogP contribution in [0.25, 0.3) is 0 Å². The minimum Gasteiger partial charge on any atom is -0.458 e. The largest absolute Gasteiger partial charge is 0.458 e. The summed E-state index contributed by atoms with van der Waals surface area (Å²) >= 11 is 1.48. The maximum Gasteiger partial charge on any atom is 0.408 e. The maximum absolute atomic E-state index is 14.3. The SMILES string of the molecule is C#Cc1ccc(C(C(=O)NC(Cc2ccccc2)C(=O)OC(C)(C)C)N(CCO)C(=O)C(CCSC)NC(=O)OC(C)(C)C)cc1. The van der Waals surface area contributed by atoms with E-state index >= 15 is 0 Å². The summed E-state index contributed by atoms with van der Waals surface area (Å²) < 4.78 is 11.1. The molecule has 0 radical (unpaired) electrons. The zero-order valence-electron chi connectivity index (χ0n) is 27.8. The summed E-state index contributed by atoms with van der Waals surface area (Å²) in [5, 5.41) is 15.6. The minimum absolute atomic E-state index is 0.134. The lowest BCUT2D eigenvalue weighted by Gasteiger charge is -2.35. The van der Waals surface area contributed by atoms with Crippen LogP contribution in [0.15, 0.2) is 54.6 Å². The van der Waals surface area contributed by atoms with Gasteiger partial charge in [-0.25, -0.2) is 9.59 Å². The van der Waals surface area contributed by atoms with Crippen LogP contribution >= 0.6 is 11.8 Å². The second-order valence-electron chi connectivity index (χ2n) is 12.7. The third-order valence-electron chi connectivity index (χ3n) is 6.47. The third-order valence-corrected chi connectivity index (χ3v) is 7.11. The molecule has 3 atom stereocenters. The summed E-state index contributed by atoms with van der Waals surface area (Å²) in [7, 11) is 0. The van der Waals surface area contributed by atoms with Crippen LogP contribution in [0.1, 0.15) is 70.7 Å². The van der Waals surface area contributed by atoms with Crippen LogP contribution in [-0.4, -0.2) is 82.3 Å². The molecule has 0 spiro atoms. The maximum atomic E-state index is 14.3. The van der Waals surface area contributed by atoms with Crippen molar-refractivity contribution in [3.8, 4) is 12.3 Å². The predicted octanol–water partition coefficient (Wildman–Crippen LogP) is 4.25. The molecule has 0 fully saturated rings. The van der Waals surface area contributed by atoms with Gasteiger partial charge in [0.1, 0.15) is 29.3 Å². The van der Waals surface area contributed by atoms with Crippen LogP contribution in [0.5, 0.6) is 0 Å². The summed E-state index contributed by atoms with van der Waals surface area (Å²) in [6.07, 6.45) is 7.01. The average Bonchev–Trinajstić information content (AvgIpc) is 2.97. The van der Waals surface area contributed by atoms with Gasteiger partial charge in [-0.15, -0.1) is 6.42 Å². The molecule has 250 valence electrons. The van der Waals surface area contributed by atoms with E-state index in [1.165, 1.54) is 16.7 Å². The number of aliphatic hydroxyl groups excluding tert-OH is 1. The molecule has 0 aromatic heterocycles. The van der Waals surface area contributed by atoms with Gasteiger partial charge in [0.25, 0.3) is 0 Å². The Hall–Kier alpha value is -4.01. The van der Waals surface area contributed by atoms with Gasteiger partial charge in [0, 0.05) is 18.5 Å². The Bertz CT molecular complexity index is 1350. The van der Waals surface area contributed by atoms with Gasteiger partial charge in [0.15, 0.2) is 0 Å². The molecule has 0 aliphatic heterocycles. The fourth-order valence-corrected chi connectivity index (χ4v) is 4.99.